The van der Waals surface area contributed by atoms with Gasteiger partial charge in [0.25, 0.3) is 5.69 Å². The fourth-order valence-electron chi connectivity index (χ4n) is 2.82. The Morgan fingerprint density at radius 1 is 0.964 bits per heavy atom. The first-order valence-corrected chi connectivity index (χ1v) is 8.55. The molecule has 8 nitrogen and oxygen atoms in total. The Morgan fingerprint density at radius 3 is 2.39 bits per heavy atom. The largest absolute Gasteiger partial charge is 0.497 e. The highest BCUT2D eigenvalue weighted by molar-refractivity contribution is 6.02. The van der Waals surface area contributed by atoms with E-state index in [4.69, 9.17) is 4.74 Å². The zero-order chi connectivity index (χ0) is 19.5. The molecule has 1 heterocycles. The van der Waals surface area contributed by atoms with Crippen LogP contribution in [0.2, 0.25) is 0 Å². The summed E-state index contributed by atoms with van der Waals surface area (Å²) < 4.78 is 5.32. The summed E-state index contributed by atoms with van der Waals surface area (Å²) >= 11 is 0. The van der Waals surface area contributed by atoms with Crippen molar-refractivity contribution < 1.29 is 9.66 Å². The lowest BCUT2D eigenvalue weighted by molar-refractivity contribution is -0.384. The molecule has 0 fully saturated rings. The summed E-state index contributed by atoms with van der Waals surface area (Å²) in [4.78, 5) is 10.5. The van der Waals surface area contributed by atoms with Crippen molar-refractivity contribution in [1.82, 2.24) is 5.43 Å². The molecule has 0 radical (unpaired) electrons. The number of anilines is 2. The van der Waals surface area contributed by atoms with Gasteiger partial charge in [0.1, 0.15) is 5.75 Å². The quantitative estimate of drug-likeness (QED) is 0.541. The molecule has 4 rings (SSSR count). The number of nitro groups is 1. The third-order valence-corrected chi connectivity index (χ3v) is 4.23. The Hall–Kier alpha value is -4.07. The van der Waals surface area contributed by atoms with Crippen LogP contribution in [0.15, 0.2) is 84.0 Å². The Labute approximate surface area is 161 Å². The maximum absolute atomic E-state index is 11.0. The monoisotopic (exact) mass is 375 g/mol. The number of ether oxygens (including phenoxy) is 1. The number of methoxy groups -OCH3 is 1. The number of hydrogen-bond donors (Lipinski definition) is 1. The van der Waals surface area contributed by atoms with E-state index in [9.17, 15) is 10.1 Å². The van der Waals surface area contributed by atoms with Crippen LogP contribution in [0.5, 0.6) is 5.75 Å². The summed E-state index contributed by atoms with van der Waals surface area (Å²) in [5, 5.41) is 19.0. The number of rotatable bonds is 5. The number of amidine groups is 1. The van der Waals surface area contributed by atoms with Crippen LogP contribution < -0.4 is 20.4 Å². The lowest BCUT2D eigenvalue weighted by Gasteiger charge is -2.28. The molecule has 0 amide bonds. The minimum absolute atomic E-state index is 0.0242. The molecule has 0 aliphatic carbocycles. The Kier molecular flexibility index (Phi) is 4.51. The molecule has 0 unspecified atom stereocenters. The number of nitrogens with one attached hydrogen (secondary N) is 1. The standard InChI is InChI=1S/C20H17N5O3/c1-28-19-9-5-8-18(14-19)24-22-20(15-6-3-2-4-7-15)21-23(24)16-10-12-17(13-11-16)25(26)27/h2-14H,1H3,(H,21,22). The Bertz CT molecular complexity index is 1020. The molecule has 1 aliphatic rings. The lowest BCUT2D eigenvalue weighted by atomic mass is 10.2. The SMILES string of the molecule is COc1cccc(N2NC(c3ccccc3)=NN2c2ccc([N+](=O)[O-])cc2)c1. The van der Waals surface area contributed by atoms with Crippen LogP contribution >= 0.6 is 0 Å². The highest BCUT2D eigenvalue weighted by Gasteiger charge is 2.27. The van der Waals surface area contributed by atoms with Crippen LogP contribution in [0, 0.1) is 10.1 Å². The third kappa shape index (κ3) is 3.30. The molecule has 3 aromatic carbocycles. The molecule has 1 aliphatic heterocycles. The highest BCUT2D eigenvalue weighted by atomic mass is 16.6. The summed E-state index contributed by atoms with van der Waals surface area (Å²) in [6.07, 6.45) is 0. The Balaban J connectivity index is 1.74. The lowest BCUT2D eigenvalue weighted by Crippen LogP contribution is -2.44. The number of hydrazine groups is 2. The fraction of sp³-hybridized carbons (Fsp3) is 0.0500. The van der Waals surface area contributed by atoms with E-state index in [2.05, 4.69) is 10.5 Å². The van der Waals surface area contributed by atoms with E-state index >= 15 is 0 Å². The normalized spacial score (nSPS) is 13.1. The van der Waals surface area contributed by atoms with E-state index in [1.54, 1.807) is 29.5 Å². The predicted molar refractivity (Wildman–Crippen MR) is 107 cm³/mol. The molecule has 0 bridgehead atoms. The van der Waals surface area contributed by atoms with E-state index in [0.29, 0.717) is 17.3 Å². The number of nitro benzene ring substituents is 1. The van der Waals surface area contributed by atoms with E-state index in [0.717, 1.165) is 11.3 Å². The van der Waals surface area contributed by atoms with Crippen molar-refractivity contribution in [2.45, 2.75) is 0 Å². The summed E-state index contributed by atoms with van der Waals surface area (Å²) in [5.41, 5.74) is 5.69. The molecule has 0 aromatic heterocycles. The van der Waals surface area contributed by atoms with Gasteiger partial charge in [0, 0.05) is 23.8 Å². The first-order chi connectivity index (χ1) is 13.7. The molecule has 140 valence electrons. The van der Waals surface area contributed by atoms with Crippen molar-refractivity contribution in [2.24, 2.45) is 5.10 Å². The highest BCUT2D eigenvalue weighted by Crippen LogP contribution is 2.29. The topological polar surface area (TPSA) is 83.2 Å². The van der Waals surface area contributed by atoms with E-state index in [1.165, 1.54) is 12.1 Å². The first-order valence-electron chi connectivity index (χ1n) is 8.55. The molecule has 0 spiro atoms. The van der Waals surface area contributed by atoms with Gasteiger partial charge in [-0.15, -0.1) is 5.10 Å². The smallest absolute Gasteiger partial charge is 0.269 e. The van der Waals surface area contributed by atoms with Gasteiger partial charge in [-0.3, -0.25) is 15.5 Å². The number of hydrogen-bond acceptors (Lipinski definition) is 7. The maximum atomic E-state index is 11.0. The van der Waals surface area contributed by atoms with Gasteiger partial charge in [0.2, 0.25) is 0 Å². The van der Waals surface area contributed by atoms with Crippen LogP contribution in [-0.4, -0.2) is 17.9 Å². The average molecular weight is 375 g/mol. The second kappa shape index (κ2) is 7.28. The maximum Gasteiger partial charge on any atom is 0.269 e. The van der Waals surface area contributed by atoms with Gasteiger partial charge < -0.3 is 4.74 Å². The van der Waals surface area contributed by atoms with Gasteiger partial charge in [0.05, 0.1) is 23.4 Å². The van der Waals surface area contributed by atoms with E-state index < -0.39 is 4.92 Å². The number of nitrogens with zero attached hydrogens (tertiary/aromatic N) is 4. The summed E-state index contributed by atoms with van der Waals surface area (Å²) in [7, 11) is 1.61. The van der Waals surface area contributed by atoms with Gasteiger partial charge in [-0.2, -0.15) is 10.2 Å². The van der Waals surface area contributed by atoms with Crippen molar-refractivity contribution >= 4 is 22.9 Å². The van der Waals surface area contributed by atoms with Crippen molar-refractivity contribution in [1.29, 1.82) is 0 Å². The van der Waals surface area contributed by atoms with Crippen molar-refractivity contribution in [3.8, 4) is 5.75 Å². The summed E-state index contributed by atoms with van der Waals surface area (Å²) in [6, 6.07) is 23.5. The van der Waals surface area contributed by atoms with Crippen LogP contribution in [0.3, 0.4) is 0 Å². The average Bonchev–Trinajstić information content (AvgIpc) is 3.20. The minimum atomic E-state index is -0.426. The molecule has 3 aromatic rings. The van der Waals surface area contributed by atoms with Crippen molar-refractivity contribution in [3.63, 3.8) is 0 Å². The first kappa shape index (κ1) is 17.3. The van der Waals surface area contributed by atoms with Crippen molar-refractivity contribution in [3.05, 3.63) is 94.5 Å². The zero-order valence-corrected chi connectivity index (χ0v) is 15.0. The van der Waals surface area contributed by atoms with Gasteiger partial charge in [-0.1, -0.05) is 36.4 Å². The molecular formula is C20H17N5O3. The number of non-ortho nitro benzene ring substituents is 1. The zero-order valence-electron chi connectivity index (χ0n) is 15.0. The molecular weight excluding hydrogens is 358 g/mol. The van der Waals surface area contributed by atoms with Crippen LogP contribution in [0.4, 0.5) is 17.1 Å². The van der Waals surface area contributed by atoms with Crippen molar-refractivity contribution in [2.75, 3.05) is 17.3 Å². The van der Waals surface area contributed by atoms with E-state index in [-0.39, 0.29) is 5.69 Å². The van der Waals surface area contributed by atoms with Crippen LogP contribution in [-0.2, 0) is 0 Å². The summed E-state index contributed by atoms with van der Waals surface area (Å²) in [5.74, 6) is 1.36. The van der Waals surface area contributed by atoms with E-state index in [1.807, 2.05) is 54.6 Å². The Morgan fingerprint density at radius 2 is 1.71 bits per heavy atom. The molecule has 8 heteroatoms. The third-order valence-electron chi connectivity index (χ3n) is 4.23. The second-order valence-corrected chi connectivity index (χ2v) is 6.00. The molecule has 0 saturated carbocycles. The minimum Gasteiger partial charge on any atom is -0.497 e. The van der Waals surface area contributed by atoms with Crippen LogP contribution in [0.1, 0.15) is 5.56 Å². The van der Waals surface area contributed by atoms with Gasteiger partial charge in [0.15, 0.2) is 5.84 Å². The second-order valence-electron chi connectivity index (χ2n) is 6.00. The molecule has 0 saturated heterocycles. The fourth-order valence-corrected chi connectivity index (χ4v) is 2.82. The molecule has 1 N–H and O–H groups in total. The number of hydrazone groups is 1. The van der Waals surface area contributed by atoms with Gasteiger partial charge in [-0.05, 0) is 24.3 Å². The van der Waals surface area contributed by atoms with Gasteiger partial charge >= 0.3 is 0 Å². The summed E-state index contributed by atoms with van der Waals surface area (Å²) in [6.45, 7) is 0. The number of benzene rings is 3. The predicted octanol–water partition coefficient (Wildman–Crippen LogP) is 3.71. The van der Waals surface area contributed by atoms with Gasteiger partial charge in [-0.25, -0.2) is 0 Å². The molecule has 0 atom stereocenters. The van der Waals surface area contributed by atoms with Crippen LogP contribution in [0.25, 0.3) is 0 Å². The molecule has 28 heavy (non-hydrogen) atoms.